The van der Waals surface area contributed by atoms with Gasteiger partial charge in [-0.25, -0.2) is 18.7 Å². The van der Waals surface area contributed by atoms with Crippen molar-refractivity contribution < 1.29 is 46.2 Å². The Balaban J connectivity index is 0.000000170. The number of hydrogen-bond donors (Lipinski definition) is 0. The third kappa shape index (κ3) is 10.5. The molecule has 0 radical (unpaired) electrons. The highest BCUT2D eigenvalue weighted by atomic mass is 19.1. The van der Waals surface area contributed by atoms with Crippen LogP contribution >= 0.6 is 0 Å². The van der Waals surface area contributed by atoms with Gasteiger partial charge in [-0.3, -0.25) is 19.2 Å². The van der Waals surface area contributed by atoms with Gasteiger partial charge in [0.1, 0.15) is 36.3 Å². The summed E-state index contributed by atoms with van der Waals surface area (Å²) < 4.78 is 65.8. The van der Waals surface area contributed by atoms with Crippen LogP contribution in [0.4, 0.5) is 17.6 Å². The highest BCUT2D eigenvalue weighted by molar-refractivity contribution is 5.96. The highest BCUT2D eigenvalue weighted by Gasteiger charge is 2.34. The Morgan fingerprint density at radius 3 is 1.25 bits per heavy atom. The van der Waals surface area contributed by atoms with Crippen molar-refractivity contribution in [2.24, 2.45) is 11.8 Å². The molecule has 2 saturated heterocycles. The van der Waals surface area contributed by atoms with E-state index in [0.717, 1.165) is 59.1 Å². The molecule has 10 nitrogen and oxygen atoms in total. The van der Waals surface area contributed by atoms with Gasteiger partial charge in [0.05, 0.1) is 0 Å². The third-order valence-electron chi connectivity index (χ3n) is 13.4. The first-order chi connectivity index (χ1) is 32.9. The molecule has 0 aliphatic carbocycles. The van der Waals surface area contributed by atoms with Crippen LogP contribution in [0.3, 0.4) is 0 Å². The fraction of sp³-hybridized carbons (Fsp3) is 0.296. The number of fused-ring (bicyclic) bond motifs is 2. The van der Waals surface area contributed by atoms with Crippen LogP contribution in [0.2, 0.25) is 0 Å². The largest absolute Gasteiger partial charge is 0.486 e. The van der Waals surface area contributed by atoms with E-state index in [1.165, 1.54) is 48.8 Å². The number of benzene rings is 4. The van der Waals surface area contributed by atoms with E-state index in [1.807, 2.05) is 9.80 Å². The average molecular weight is 925 g/mol. The van der Waals surface area contributed by atoms with Crippen molar-refractivity contribution in [1.29, 1.82) is 0 Å². The second-order valence-electron chi connectivity index (χ2n) is 17.8. The van der Waals surface area contributed by atoms with Crippen LogP contribution in [0.1, 0.15) is 91.6 Å². The Labute approximate surface area is 390 Å². The number of rotatable bonds is 8. The Bertz CT molecular complexity index is 2630. The maximum Gasteiger partial charge on any atom is 0.253 e. The lowest BCUT2D eigenvalue weighted by Crippen LogP contribution is -2.40. The second-order valence-corrected chi connectivity index (χ2v) is 17.8. The van der Waals surface area contributed by atoms with Crippen LogP contribution in [-0.2, 0) is 22.4 Å². The number of aromatic nitrogens is 2. The summed E-state index contributed by atoms with van der Waals surface area (Å²) in [5.74, 6) is -0.514. The molecule has 10 rings (SSSR count). The number of hydrogen-bond acceptors (Lipinski definition) is 8. The predicted octanol–water partition coefficient (Wildman–Crippen LogP) is 9.10. The van der Waals surface area contributed by atoms with Crippen LogP contribution in [-0.4, -0.2) is 82.5 Å². The number of ether oxygens (including phenoxy) is 2. The molecular weight excluding hydrogens is 877 g/mol. The zero-order chi connectivity index (χ0) is 47.3. The number of pyridine rings is 2. The quantitative estimate of drug-likeness (QED) is 0.110. The smallest absolute Gasteiger partial charge is 0.253 e. The molecule has 2 aromatic heterocycles. The third-order valence-corrected chi connectivity index (χ3v) is 13.4. The minimum atomic E-state index is -0.549. The standard InChI is InChI=1S/2C27H24F2N2O3/c2*28-22-4-1-17(2-5-22)26(19-7-10-30-25(29)15-19)18-8-11-31(12-9-18)27(33)20-3-6-24-21(13-20)14-23(32)16-34-24/h2*1-7,10,13,15,18,26H,8-9,11-12,14,16H2/t2*26-/m10/s1. The number of carbonyl (C=O) groups is 4. The molecule has 14 heteroatoms. The van der Waals surface area contributed by atoms with Gasteiger partial charge >= 0.3 is 0 Å². The molecular formula is C54H48F4N4O6. The minimum Gasteiger partial charge on any atom is -0.486 e. The lowest BCUT2D eigenvalue weighted by molar-refractivity contribution is -0.122. The molecule has 348 valence electrons. The summed E-state index contributed by atoms with van der Waals surface area (Å²) in [7, 11) is 0. The first-order valence-corrected chi connectivity index (χ1v) is 22.8. The number of likely N-dealkylation sites (tertiary alicyclic amines) is 2. The number of ketones is 2. The summed E-state index contributed by atoms with van der Waals surface area (Å²) in [5.41, 5.74) is 5.99. The molecule has 4 aliphatic rings. The van der Waals surface area contributed by atoms with Crippen LogP contribution < -0.4 is 9.47 Å². The van der Waals surface area contributed by atoms with E-state index in [-0.39, 0.29) is 84.7 Å². The Kier molecular flexibility index (Phi) is 13.7. The molecule has 6 heterocycles. The van der Waals surface area contributed by atoms with Gasteiger partial charge in [-0.05, 0) is 145 Å². The molecule has 6 aromatic rings. The van der Waals surface area contributed by atoms with Crippen molar-refractivity contribution in [2.45, 2.75) is 50.4 Å². The number of carbonyl (C=O) groups excluding carboxylic acids is 4. The second kappa shape index (κ2) is 20.3. The van der Waals surface area contributed by atoms with Gasteiger partial charge in [-0.2, -0.15) is 8.78 Å². The van der Waals surface area contributed by atoms with E-state index in [4.69, 9.17) is 9.47 Å². The fourth-order valence-corrected chi connectivity index (χ4v) is 10.1. The molecule has 2 fully saturated rings. The normalized spacial score (nSPS) is 17.1. The summed E-state index contributed by atoms with van der Waals surface area (Å²) >= 11 is 0. The molecule has 0 N–H and O–H groups in total. The van der Waals surface area contributed by atoms with Crippen molar-refractivity contribution >= 4 is 23.4 Å². The Hall–Kier alpha value is -7.22. The lowest BCUT2D eigenvalue weighted by Gasteiger charge is -2.37. The predicted molar refractivity (Wildman–Crippen MR) is 243 cm³/mol. The minimum absolute atomic E-state index is 0.00250. The summed E-state index contributed by atoms with van der Waals surface area (Å²) in [6.45, 7) is 2.37. The van der Waals surface area contributed by atoms with E-state index in [1.54, 1.807) is 72.8 Å². The van der Waals surface area contributed by atoms with Crippen molar-refractivity contribution in [3.8, 4) is 11.5 Å². The summed E-state index contributed by atoms with van der Waals surface area (Å²) in [4.78, 5) is 60.7. The van der Waals surface area contributed by atoms with Gasteiger partial charge < -0.3 is 19.3 Å². The molecule has 4 aliphatic heterocycles. The van der Waals surface area contributed by atoms with E-state index in [0.29, 0.717) is 48.8 Å². The van der Waals surface area contributed by atoms with E-state index < -0.39 is 11.9 Å². The van der Waals surface area contributed by atoms with Gasteiger partial charge in [0.25, 0.3) is 11.8 Å². The van der Waals surface area contributed by atoms with Gasteiger partial charge in [0.2, 0.25) is 11.9 Å². The zero-order valence-corrected chi connectivity index (χ0v) is 37.1. The highest BCUT2D eigenvalue weighted by Crippen LogP contribution is 2.40. The fourth-order valence-electron chi connectivity index (χ4n) is 10.1. The van der Waals surface area contributed by atoms with E-state index >= 15 is 0 Å². The van der Waals surface area contributed by atoms with Gasteiger partial charge in [0.15, 0.2) is 11.6 Å². The summed E-state index contributed by atoms with van der Waals surface area (Å²) in [6.07, 6.45) is 6.36. The molecule has 0 saturated carbocycles. The van der Waals surface area contributed by atoms with Gasteiger partial charge in [-0.1, -0.05) is 24.3 Å². The van der Waals surface area contributed by atoms with Crippen LogP contribution in [0.25, 0.3) is 0 Å². The van der Waals surface area contributed by atoms with Gasteiger partial charge in [0, 0.05) is 85.5 Å². The molecule has 2 amide bonds. The number of halogens is 4. The van der Waals surface area contributed by atoms with Crippen molar-refractivity contribution in [1.82, 2.24) is 19.8 Å². The number of piperidine rings is 2. The molecule has 2 atom stereocenters. The average Bonchev–Trinajstić information content (AvgIpc) is 3.35. The van der Waals surface area contributed by atoms with Crippen molar-refractivity contribution in [3.05, 3.63) is 190 Å². The molecule has 68 heavy (non-hydrogen) atoms. The van der Waals surface area contributed by atoms with Crippen LogP contribution in [0.5, 0.6) is 11.5 Å². The maximum atomic E-state index is 13.9. The maximum absolute atomic E-state index is 13.9. The lowest BCUT2D eigenvalue weighted by atomic mass is 9.76. The van der Waals surface area contributed by atoms with Gasteiger partial charge in [-0.15, -0.1) is 0 Å². The topological polar surface area (TPSA) is 119 Å². The summed E-state index contributed by atoms with van der Waals surface area (Å²) in [5, 5.41) is 0. The number of amides is 2. The first-order valence-electron chi connectivity index (χ1n) is 22.8. The van der Waals surface area contributed by atoms with E-state index in [9.17, 15) is 36.7 Å². The number of Topliss-reactive ketones (excluding diaryl/α,β-unsaturated/α-hetero) is 2. The molecule has 0 bridgehead atoms. The van der Waals surface area contributed by atoms with Crippen molar-refractivity contribution in [3.63, 3.8) is 0 Å². The SMILES string of the molecule is O=C1COc2ccc(C(=O)N3CCC([C@@H](c4ccc(F)cc4)c4ccnc(F)c4)CC3)cc2C1.O=C1COc2ccc(C(=O)N3CCC([C@H](c4ccc(F)cc4)c4ccnc(F)c4)CC3)cc2C1. The Morgan fingerprint density at radius 1 is 0.500 bits per heavy atom. The molecule has 4 aromatic carbocycles. The van der Waals surface area contributed by atoms with Crippen LogP contribution in [0.15, 0.2) is 122 Å². The van der Waals surface area contributed by atoms with Crippen LogP contribution in [0, 0.1) is 35.4 Å². The monoisotopic (exact) mass is 924 g/mol. The molecule has 0 unspecified atom stereocenters. The first kappa shape index (κ1) is 45.9. The Morgan fingerprint density at radius 2 is 0.882 bits per heavy atom. The summed E-state index contributed by atoms with van der Waals surface area (Å²) in [6, 6.07) is 29.6. The zero-order valence-electron chi connectivity index (χ0n) is 37.1. The number of nitrogens with zero attached hydrogens (tertiary/aromatic N) is 4. The van der Waals surface area contributed by atoms with E-state index in [2.05, 4.69) is 9.97 Å². The molecule has 0 spiro atoms. The van der Waals surface area contributed by atoms with Crippen molar-refractivity contribution in [2.75, 3.05) is 39.4 Å².